The molecular weight excluding hydrogens is 384 g/mol. The van der Waals surface area contributed by atoms with Gasteiger partial charge in [0.15, 0.2) is 5.92 Å². The number of benzene rings is 2. The zero-order valence-electron chi connectivity index (χ0n) is 17.2. The van der Waals surface area contributed by atoms with E-state index in [0.717, 1.165) is 16.6 Å². The van der Waals surface area contributed by atoms with Crippen molar-refractivity contribution < 1.29 is 24.2 Å². The Kier molecular flexibility index (Phi) is 7.19. The summed E-state index contributed by atoms with van der Waals surface area (Å²) >= 11 is 0. The highest BCUT2D eigenvalue weighted by Crippen LogP contribution is 2.27. The Labute approximate surface area is 175 Å². The number of nitrogens with zero attached hydrogens (tertiary/aromatic N) is 2. The predicted octanol–water partition coefficient (Wildman–Crippen LogP) is 3.25. The predicted molar refractivity (Wildman–Crippen MR) is 112 cm³/mol. The summed E-state index contributed by atoms with van der Waals surface area (Å²) in [6.45, 7) is 4.09. The number of aliphatic hydroxyl groups excluding tert-OH is 1. The minimum Gasteiger partial charge on any atom is -0.465 e. The Morgan fingerprint density at radius 3 is 2.20 bits per heavy atom. The van der Waals surface area contributed by atoms with Crippen LogP contribution in [0.1, 0.15) is 37.8 Å². The highest BCUT2D eigenvalue weighted by molar-refractivity contribution is 5.95. The van der Waals surface area contributed by atoms with Crippen molar-refractivity contribution in [2.24, 2.45) is 5.92 Å². The molecule has 3 aromatic rings. The minimum absolute atomic E-state index is 0.136. The van der Waals surface area contributed by atoms with Crippen LogP contribution in [0.15, 0.2) is 54.6 Å². The van der Waals surface area contributed by atoms with Gasteiger partial charge in [-0.2, -0.15) is 0 Å². The lowest BCUT2D eigenvalue weighted by Gasteiger charge is -2.19. The number of hydrogen-bond donors (Lipinski definition) is 1. The van der Waals surface area contributed by atoms with Crippen LogP contribution >= 0.6 is 0 Å². The molecule has 1 atom stereocenters. The first-order valence-corrected chi connectivity index (χ1v) is 10.1. The van der Waals surface area contributed by atoms with Crippen LogP contribution in [0, 0.1) is 5.92 Å². The fourth-order valence-corrected chi connectivity index (χ4v) is 3.38. The largest absolute Gasteiger partial charge is 0.465 e. The van der Waals surface area contributed by atoms with Crippen molar-refractivity contribution in [2.45, 2.75) is 32.9 Å². The number of aromatic nitrogens is 2. The zero-order valence-corrected chi connectivity index (χ0v) is 17.2. The second kappa shape index (κ2) is 10.0. The van der Waals surface area contributed by atoms with Crippen molar-refractivity contribution in [1.82, 2.24) is 9.55 Å². The summed E-state index contributed by atoms with van der Waals surface area (Å²) in [4.78, 5) is 29.2. The van der Waals surface area contributed by atoms with E-state index in [0.29, 0.717) is 12.4 Å². The molecule has 0 aliphatic rings. The van der Waals surface area contributed by atoms with Crippen LogP contribution in [0.25, 0.3) is 11.0 Å². The number of para-hydroxylation sites is 2. The number of imidazole rings is 1. The summed E-state index contributed by atoms with van der Waals surface area (Å²) in [6, 6.07) is 17.4. The van der Waals surface area contributed by atoms with E-state index in [1.165, 1.54) is 0 Å². The van der Waals surface area contributed by atoms with E-state index in [2.05, 4.69) is 4.98 Å². The third kappa shape index (κ3) is 4.86. The highest BCUT2D eigenvalue weighted by Gasteiger charge is 2.34. The standard InChI is InChI=1S/C23H26N2O5/c1-3-29-22(27)17(23(28)30-4-2)14-20(26)21-24-18-12-8-9-13-19(18)25(21)15-16-10-6-5-7-11-16/h5-13,17,20,26H,3-4,14-15H2,1-2H3. The second-order valence-electron chi connectivity index (χ2n) is 6.84. The SMILES string of the molecule is CCOC(=O)C(CC(O)c1nc2ccccc2n1Cc1ccccc1)C(=O)OCC. The Balaban J connectivity index is 1.94. The van der Waals surface area contributed by atoms with Gasteiger partial charge in [0.1, 0.15) is 11.9 Å². The van der Waals surface area contributed by atoms with Gasteiger partial charge in [0.05, 0.1) is 24.2 Å². The molecule has 30 heavy (non-hydrogen) atoms. The molecule has 0 aliphatic carbocycles. The normalized spacial score (nSPS) is 12.1. The molecule has 0 amide bonds. The first kappa shape index (κ1) is 21.5. The first-order valence-electron chi connectivity index (χ1n) is 10.1. The maximum atomic E-state index is 12.3. The van der Waals surface area contributed by atoms with Gasteiger partial charge in [0.25, 0.3) is 0 Å². The third-order valence-electron chi connectivity index (χ3n) is 4.77. The van der Waals surface area contributed by atoms with E-state index in [-0.39, 0.29) is 19.6 Å². The number of ether oxygens (including phenoxy) is 2. The topological polar surface area (TPSA) is 90.6 Å². The van der Waals surface area contributed by atoms with Crippen molar-refractivity contribution in [1.29, 1.82) is 0 Å². The molecule has 0 radical (unpaired) electrons. The van der Waals surface area contributed by atoms with Crippen molar-refractivity contribution >= 4 is 23.0 Å². The zero-order chi connectivity index (χ0) is 21.5. The Hall–Kier alpha value is -3.19. The van der Waals surface area contributed by atoms with Crippen LogP contribution in [0.4, 0.5) is 0 Å². The van der Waals surface area contributed by atoms with Crippen LogP contribution in [0.5, 0.6) is 0 Å². The number of rotatable bonds is 9. The van der Waals surface area contributed by atoms with E-state index in [1.54, 1.807) is 13.8 Å². The van der Waals surface area contributed by atoms with Gasteiger partial charge in [0, 0.05) is 13.0 Å². The average Bonchev–Trinajstić information content (AvgIpc) is 3.11. The molecule has 1 aromatic heterocycles. The molecule has 158 valence electrons. The molecule has 0 saturated heterocycles. The maximum Gasteiger partial charge on any atom is 0.320 e. The van der Waals surface area contributed by atoms with Gasteiger partial charge < -0.3 is 19.1 Å². The van der Waals surface area contributed by atoms with Crippen molar-refractivity contribution in [2.75, 3.05) is 13.2 Å². The van der Waals surface area contributed by atoms with Gasteiger partial charge in [0.2, 0.25) is 0 Å². The molecule has 0 saturated carbocycles. The van der Waals surface area contributed by atoms with Gasteiger partial charge in [-0.05, 0) is 31.5 Å². The second-order valence-corrected chi connectivity index (χ2v) is 6.84. The summed E-state index contributed by atoms with van der Waals surface area (Å²) in [6.07, 6.45) is -1.32. The van der Waals surface area contributed by atoms with Crippen LogP contribution in [-0.4, -0.2) is 39.8 Å². The van der Waals surface area contributed by atoms with E-state index >= 15 is 0 Å². The molecule has 0 fully saturated rings. The molecule has 7 nitrogen and oxygen atoms in total. The van der Waals surface area contributed by atoms with Gasteiger partial charge in [-0.15, -0.1) is 0 Å². The van der Waals surface area contributed by atoms with Gasteiger partial charge in [-0.25, -0.2) is 4.98 Å². The molecule has 3 rings (SSSR count). The van der Waals surface area contributed by atoms with E-state index in [1.807, 2.05) is 59.2 Å². The van der Waals surface area contributed by atoms with E-state index in [4.69, 9.17) is 9.47 Å². The number of carbonyl (C=O) groups excluding carboxylic acids is 2. The maximum absolute atomic E-state index is 12.3. The third-order valence-corrected chi connectivity index (χ3v) is 4.77. The van der Waals surface area contributed by atoms with Gasteiger partial charge in [-0.3, -0.25) is 9.59 Å². The number of fused-ring (bicyclic) bond motifs is 1. The highest BCUT2D eigenvalue weighted by atomic mass is 16.6. The summed E-state index contributed by atoms with van der Waals surface area (Å²) in [5.41, 5.74) is 2.63. The number of esters is 2. The molecule has 0 spiro atoms. The number of hydrogen-bond acceptors (Lipinski definition) is 6. The molecule has 1 heterocycles. The summed E-state index contributed by atoms with van der Waals surface area (Å²) in [5, 5.41) is 11.0. The van der Waals surface area contributed by atoms with Gasteiger partial charge in [-0.1, -0.05) is 42.5 Å². The van der Waals surface area contributed by atoms with E-state index in [9.17, 15) is 14.7 Å². The molecule has 2 aromatic carbocycles. The van der Waals surface area contributed by atoms with Crippen LogP contribution < -0.4 is 0 Å². The van der Waals surface area contributed by atoms with E-state index < -0.39 is 24.0 Å². The Bertz CT molecular complexity index is 981. The van der Waals surface area contributed by atoms with Crippen LogP contribution in [0.2, 0.25) is 0 Å². The first-order chi connectivity index (χ1) is 14.5. The summed E-state index contributed by atoms with van der Waals surface area (Å²) in [5.74, 6) is -2.25. The summed E-state index contributed by atoms with van der Waals surface area (Å²) in [7, 11) is 0. The molecule has 7 heteroatoms. The van der Waals surface area contributed by atoms with Crippen LogP contribution in [-0.2, 0) is 25.6 Å². The average molecular weight is 410 g/mol. The monoisotopic (exact) mass is 410 g/mol. The van der Waals surface area contributed by atoms with Crippen LogP contribution in [0.3, 0.4) is 0 Å². The Morgan fingerprint density at radius 1 is 0.967 bits per heavy atom. The quantitative estimate of drug-likeness (QED) is 0.430. The minimum atomic E-state index is -1.22. The molecule has 1 N–H and O–H groups in total. The Morgan fingerprint density at radius 2 is 1.57 bits per heavy atom. The lowest BCUT2D eigenvalue weighted by Crippen LogP contribution is -2.30. The van der Waals surface area contributed by atoms with Crippen molar-refractivity contribution in [3.8, 4) is 0 Å². The molecule has 0 aliphatic heterocycles. The molecular formula is C23H26N2O5. The lowest BCUT2D eigenvalue weighted by atomic mass is 10.0. The molecule has 1 unspecified atom stereocenters. The fourth-order valence-electron chi connectivity index (χ4n) is 3.38. The number of aliphatic hydroxyl groups is 1. The fraction of sp³-hybridized carbons (Fsp3) is 0.348. The smallest absolute Gasteiger partial charge is 0.320 e. The lowest BCUT2D eigenvalue weighted by molar-refractivity contribution is -0.163. The van der Waals surface area contributed by atoms with Crippen molar-refractivity contribution in [3.05, 3.63) is 66.0 Å². The summed E-state index contributed by atoms with van der Waals surface area (Å²) < 4.78 is 11.9. The van der Waals surface area contributed by atoms with Gasteiger partial charge >= 0.3 is 11.9 Å². The number of carbonyl (C=O) groups is 2. The molecule has 0 bridgehead atoms. The van der Waals surface area contributed by atoms with Crippen molar-refractivity contribution in [3.63, 3.8) is 0 Å².